The van der Waals surface area contributed by atoms with Gasteiger partial charge in [0.25, 0.3) is 0 Å². The third-order valence-corrected chi connectivity index (χ3v) is 3.88. The predicted octanol–water partition coefficient (Wildman–Crippen LogP) is 1.03. The molecule has 0 spiro atoms. The number of carbonyl (C=O) groups excluding carboxylic acids is 2. The van der Waals surface area contributed by atoms with Gasteiger partial charge in [0.2, 0.25) is 5.91 Å². The number of nitrogens with one attached hydrogen (secondary N) is 1. The van der Waals surface area contributed by atoms with Gasteiger partial charge in [-0.15, -0.1) is 0 Å². The molecule has 2 rings (SSSR count). The van der Waals surface area contributed by atoms with Gasteiger partial charge in [-0.2, -0.15) is 0 Å². The fourth-order valence-corrected chi connectivity index (χ4v) is 2.74. The van der Waals surface area contributed by atoms with Crippen LogP contribution in [0.4, 0.5) is 4.79 Å². The summed E-state index contributed by atoms with van der Waals surface area (Å²) in [6.45, 7) is 0.379. The third-order valence-electron chi connectivity index (χ3n) is 3.88. The molecule has 2 N–H and O–H groups in total. The smallest absolute Gasteiger partial charge is 0.407 e. The molecule has 7 nitrogen and oxygen atoms in total. The van der Waals surface area contributed by atoms with Crippen molar-refractivity contribution in [3.05, 3.63) is 35.9 Å². The zero-order chi connectivity index (χ0) is 16.8. The van der Waals surface area contributed by atoms with Crippen molar-refractivity contribution in [3.8, 4) is 0 Å². The van der Waals surface area contributed by atoms with Gasteiger partial charge in [-0.25, -0.2) is 9.59 Å². The summed E-state index contributed by atoms with van der Waals surface area (Å²) >= 11 is 0. The number of amides is 2. The number of methoxy groups -OCH3 is 1. The lowest BCUT2D eigenvalue weighted by atomic mass is 10.0. The van der Waals surface area contributed by atoms with Crippen LogP contribution in [0.1, 0.15) is 18.4 Å². The van der Waals surface area contributed by atoms with Crippen LogP contribution < -0.4 is 5.32 Å². The van der Waals surface area contributed by atoms with Gasteiger partial charge in [-0.05, 0) is 18.4 Å². The van der Waals surface area contributed by atoms with Crippen LogP contribution in [0, 0.1) is 0 Å². The summed E-state index contributed by atoms with van der Waals surface area (Å²) in [6, 6.07) is 7.53. The minimum absolute atomic E-state index is 0.275. The Morgan fingerprint density at radius 1 is 1.35 bits per heavy atom. The summed E-state index contributed by atoms with van der Waals surface area (Å²) in [7, 11) is 1.22. The molecule has 0 bridgehead atoms. The molecule has 2 atom stereocenters. The molecule has 23 heavy (non-hydrogen) atoms. The van der Waals surface area contributed by atoms with Gasteiger partial charge in [0, 0.05) is 13.0 Å². The van der Waals surface area contributed by atoms with Crippen LogP contribution in [-0.4, -0.2) is 53.7 Å². The van der Waals surface area contributed by atoms with E-state index >= 15 is 0 Å². The van der Waals surface area contributed by atoms with E-state index in [1.807, 2.05) is 30.3 Å². The van der Waals surface area contributed by atoms with Crippen molar-refractivity contribution in [3.63, 3.8) is 0 Å². The molecule has 1 aliphatic heterocycles. The molecule has 7 heteroatoms. The van der Waals surface area contributed by atoms with E-state index in [0.29, 0.717) is 19.4 Å². The van der Waals surface area contributed by atoms with Gasteiger partial charge in [0.05, 0.1) is 7.11 Å². The molecule has 1 fully saturated rings. The van der Waals surface area contributed by atoms with Gasteiger partial charge in [-0.3, -0.25) is 4.79 Å². The largest absolute Gasteiger partial charge is 0.480 e. The van der Waals surface area contributed by atoms with E-state index in [1.54, 1.807) is 0 Å². The van der Waals surface area contributed by atoms with Gasteiger partial charge in [0.15, 0.2) is 0 Å². The minimum Gasteiger partial charge on any atom is -0.480 e. The second-order valence-corrected chi connectivity index (χ2v) is 5.41. The van der Waals surface area contributed by atoms with Gasteiger partial charge >= 0.3 is 12.1 Å². The van der Waals surface area contributed by atoms with Crippen molar-refractivity contribution in [2.75, 3.05) is 13.7 Å². The molecule has 0 unspecified atom stereocenters. The van der Waals surface area contributed by atoms with Crippen molar-refractivity contribution in [1.82, 2.24) is 10.2 Å². The van der Waals surface area contributed by atoms with Crippen LogP contribution in [0.3, 0.4) is 0 Å². The molecular weight excluding hydrogens is 300 g/mol. The molecule has 1 heterocycles. The highest BCUT2D eigenvalue weighted by molar-refractivity contribution is 5.90. The maximum atomic E-state index is 12.7. The number of nitrogens with zero attached hydrogens (tertiary/aromatic N) is 1. The van der Waals surface area contributed by atoms with Crippen molar-refractivity contribution in [1.29, 1.82) is 0 Å². The molecule has 0 radical (unpaired) electrons. The van der Waals surface area contributed by atoms with Crippen molar-refractivity contribution >= 4 is 18.0 Å². The van der Waals surface area contributed by atoms with Crippen LogP contribution in [0.5, 0.6) is 0 Å². The van der Waals surface area contributed by atoms with E-state index in [4.69, 9.17) is 0 Å². The Hall–Kier alpha value is -2.57. The summed E-state index contributed by atoms with van der Waals surface area (Å²) in [4.78, 5) is 36.8. The Balaban J connectivity index is 2.16. The summed E-state index contributed by atoms with van der Waals surface area (Å²) in [5.41, 5.74) is 0.869. The van der Waals surface area contributed by atoms with Crippen molar-refractivity contribution < 1.29 is 24.2 Å². The van der Waals surface area contributed by atoms with Gasteiger partial charge < -0.3 is 20.1 Å². The molecule has 1 aromatic rings. The maximum absolute atomic E-state index is 12.7. The SMILES string of the molecule is COC(=O)N[C@H](Cc1ccccc1)C(=O)N1CCC[C@H]1C(=O)O. The van der Waals surface area contributed by atoms with Crippen LogP contribution in [0.2, 0.25) is 0 Å². The lowest BCUT2D eigenvalue weighted by molar-refractivity contribution is -0.148. The fourth-order valence-electron chi connectivity index (χ4n) is 2.74. The molecule has 0 aromatic heterocycles. The number of ether oxygens (including phenoxy) is 1. The second-order valence-electron chi connectivity index (χ2n) is 5.41. The van der Waals surface area contributed by atoms with Crippen LogP contribution in [0.25, 0.3) is 0 Å². The Bertz CT molecular complexity index is 575. The number of benzene rings is 1. The number of hydrogen-bond acceptors (Lipinski definition) is 4. The average molecular weight is 320 g/mol. The highest BCUT2D eigenvalue weighted by Gasteiger charge is 2.37. The summed E-state index contributed by atoms with van der Waals surface area (Å²) in [5.74, 6) is -1.42. The number of aliphatic carboxylic acids is 1. The lowest BCUT2D eigenvalue weighted by Crippen LogP contribution is -2.52. The normalized spacial score (nSPS) is 18.3. The van der Waals surface area contributed by atoms with Gasteiger partial charge in [-0.1, -0.05) is 30.3 Å². The average Bonchev–Trinajstić information content (AvgIpc) is 3.04. The second kappa shape index (κ2) is 7.62. The number of carbonyl (C=O) groups is 3. The molecule has 1 aliphatic rings. The van der Waals surface area contributed by atoms with E-state index in [-0.39, 0.29) is 6.42 Å². The molecule has 0 aliphatic carbocycles. The van der Waals surface area contributed by atoms with Crippen molar-refractivity contribution in [2.24, 2.45) is 0 Å². The van der Waals surface area contributed by atoms with Gasteiger partial charge in [0.1, 0.15) is 12.1 Å². The van der Waals surface area contributed by atoms with E-state index in [0.717, 1.165) is 5.56 Å². The molecule has 0 saturated carbocycles. The number of carboxylic acid groups (broad SMARTS) is 1. The molecule has 1 saturated heterocycles. The third kappa shape index (κ3) is 4.21. The Morgan fingerprint density at radius 3 is 2.65 bits per heavy atom. The highest BCUT2D eigenvalue weighted by atomic mass is 16.5. The zero-order valence-corrected chi connectivity index (χ0v) is 12.9. The Labute approximate surface area is 134 Å². The first-order valence-corrected chi connectivity index (χ1v) is 7.44. The molecule has 124 valence electrons. The topological polar surface area (TPSA) is 95.9 Å². The van der Waals surface area contributed by atoms with E-state index in [2.05, 4.69) is 10.1 Å². The number of alkyl carbamates (subject to hydrolysis) is 1. The Kier molecular flexibility index (Phi) is 5.56. The standard InChI is InChI=1S/C16H20N2O5/c1-23-16(22)17-12(10-11-6-3-2-4-7-11)14(19)18-9-5-8-13(18)15(20)21/h2-4,6-7,12-13H,5,8-10H2,1H3,(H,17,22)(H,20,21)/t12-,13+/m1/s1. The number of hydrogen-bond donors (Lipinski definition) is 2. The van der Waals surface area contributed by atoms with Crippen LogP contribution in [-0.2, 0) is 20.7 Å². The number of carboxylic acids is 1. The minimum atomic E-state index is -1.02. The van der Waals surface area contributed by atoms with E-state index < -0.39 is 30.1 Å². The highest BCUT2D eigenvalue weighted by Crippen LogP contribution is 2.19. The maximum Gasteiger partial charge on any atom is 0.407 e. The monoisotopic (exact) mass is 320 g/mol. The van der Waals surface area contributed by atoms with E-state index in [1.165, 1.54) is 12.0 Å². The first-order valence-electron chi connectivity index (χ1n) is 7.44. The zero-order valence-electron chi connectivity index (χ0n) is 12.9. The predicted molar refractivity (Wildman–Crippen MR) is 81.8 cm³/mol. The number of likely N-dealkylation sites (tertiary alicyclic amines) is 1. The molecule has 2 amide bonds. The summed E-state index contributed by atoms with van der Waals surface area (Å²) < 4.78 is 4.57. The van der Waals surface area contributed by atoms with Crippen LogP contribution in [0.15, 0.2) is 30.3 Å². The lowest BCUT2D eigenvalue weighted by Gasteiger charge is -2.27. The Morgan fingerprint density at radius 2 is 2.04 bits per heavy atom. The van der Waals surface area contributed by atoms with Crippen LogP contribution >= 0.6 is 0 Å². The summed E-state index contributed by atoms with van der Waals surface area (Å²) in [6.07, 6.45) is 0.624. The van der Waals surface area contributed by atoms with Crippen molar-refractivity contribution in [2.45, 2.75) is 31.3 Å². The first kappa shape index (κ1) is 16.8. The molecule has 1 aromatic carbocycles. The van der Waals surface area contributed by atoms with E-state index in [9.17, 15) is 19.5 Å². The fraction of sp³-hybridized carbons (Fsp3) is 0.438. The summed E-state index contributed by atoms with van der Waals surface area (Å²) in [5, 5.41) is 11.7. The quantitative estimate of drug-likeness (QED) is 0.845. The molecular formula is C16H20N2O5. The first-order chi connectivity index (χ1) is 11.0. The number of rotatable bonds is 5.